The van der Waals surface area contributed by atoms with Gasteiger partial charge in [0, 0.05) is 31.2 Å². The molecule has 0 aliphatic carbocycles. The molecular weight excluding hydrogens is 345 g/mol. The summed E-state index contributed by atoms with van der Waals surface area (Å²) in [6.45, 7) is 3.16. The van der Waals surface area contributed by atoms with Gasteiger partial charge in [-0.2, -0.15) is 0 Å². The van der Waals surface area contributed by atoms with Crippen molar-refractivity contribution in [2.45, 2.75) is 19.8 Å². The third-order valence-electron chi connectivity index (χ3n) is 4.89. The lowest BCUT2D eigenvalue weighted by atomic mass is 9.96. The molecule has 0 bridgehead atoms. The van der Waals surface area contributed by atoms with Crippen molar-refractivity contribution in [3.8, 4) is 0 Å². The van der Waals surface area contributed by atoms with Gasteiger partial charge in [0.1, 0.15) is 11.3 Å². The van der Waals surface area contributed by atoms with Gasteiger partial charge in [-0.3, -0.25) is 9.78 Å². The summed E-state index contributed by atoms with van der Waals surface area (Å²) in [5.41, 5.74) is 3.43. The van der Waals surface area contributed by atoms with Gasteiger partial charge in [-0.1, -0.05) is 0 Å². The van der Waals surface area contributed by atoms with Crippen LogP contribution in [0.5, 0.6) is 0 Å². The van der Waals surface area contributed by atoms with E-state index in [2.05, 4.69) is 25.2 Å². The maximum atomic E-state index is 13.4. The number of pyridine rings is 1. The number of carbonyl (C=O) groups is 1. The van der Waals surface area contributed by atoms with Crippen LogP contribution >= 0.6 is 0 Å². The number of hydrogen-bond acceptors (Lipinski definition) is 5. The Balaban J connectivity index is 1.48. The average Bonchev–Trinajstić information content (AvgIpc) is 2.70. The molecule has 1 amide bonds. The molecule has 27 heavy (non-hydrogen) atoms. The van der Waals surface area contributed by atoms with E-state index < -0.39 is 0 Å². The molecule has 3 heterocycles. The van der Waals surface area contributed by atoms with Gasteiger partial charge in [0.25, 0.3) is 0 Å². The summed E-state index contributed by atoms with van der Waals surface area (Å²) in [5, 5.41) is 2.91. The molecule has 1 aromatic carbocycles. The number of hydrogen-bond donors (Lipinski definition) is 1. The zero-order valence-corrected chi connectivity index (χ0v) is 15.0. The fraction of sp³-hybridized carbons (Fsp3) is 0.300. The summed E-state index contributed by atoms with van der Waals surface area (Å²) in [4.78, 5) is 27.7. The highest BCUT2D eigenvalue weighted by atomic mass is 19.1. The Kier molecular flexibility index (Phi) is 4.66. The van der Waals surface area contributed by atoms with Crippen LogP contribution in [-0.2, 0) is 4.79 Å². The number of aryl methyl sites for hydroxylation is 1. The van der Waals surface area contributed by atoms with Crippen molar-refractivity contribution in [1.29, 1.82) is 0 Å². The zero-order chi connectivity index (χ0) is 18.8. The van der Waals surface area contributed by atoms with Crippen LogP contribution < -0.4 is 10.2 Å². The summed E-state index contributed by atoms with van der Waals surface area (Å²) in [7, 11) is 0. The van der Waals surface area contributed by atoms with Gasteiger partial charge >= 0.3 is 0 Å². The van der Waals surface area contributed by atoms with Crippen molar-refractivity contribution in [2.75, 3.05) is 23.3 Å². The van der Waals surface area contributed by atoms with Gasteiger partial charge in [0.2, 0.25) is 5.91 Å². The number of benzene rings is 1. The minimum absolute atomic E-state index is 0.0424. The van der Waals surface area contributed by atoms with Crippen LogP contribution in [0.3, 0.4) is 0 Å². The highest BCUT2D eigenvalue weighted by Gasteiger charge is 2.26. The molecule has 1 N–H and O–H groups in total. The average molecular weight is 365 g/mol. The number of carbonyl (C=O) groups excluding carboxylic acids is 1. The van der Waals surface area contributed by atoms with Crippen LogP contribution in [0.1, 0.15) is 18.4 Å². The predicted molar refractivity (Wildman–Crippen MR) is 102 cm³/mol. The van der Waals surface area contributed by atoms with Crippen LogP contribution in [-0.4, -0.2) is 33.9 Å². The van der Waals surface area contributed by atoms with Gasteiger partial charge in [-0.25, -0.2) is 14.4 Å². The fourth-order valence-corrected chi connectivity index (χ4v) is 3.41. The van der Waals surface area contributed by atoms with Crippen LogP contribution in [0.15, 0.2) is 42.9 Å². The van der Waals surface area contributed by atoms with Crippen molar-refractivity contribution in [3.05, 3.63) is 54.2 Å². The molecule has 1 atom stereocenters. The minimum atomic E-state index is -0.274. The maximum absolute atomic E-state index is 13.4. The van der Waals surface area contributed by atoms with Crippen molar-refractivity contribution >= 4 is 28.4 Å². The number of anilines is 2. The Morgan fingerprint density at radius 1 is 1.22 bits per heavy atom. The first-order valence-electron chi connectivity index (χ1n) is 8.99. The van der Waals surface area contributed by atoms with E-state index in [-0.39, 0.29) is 17.6 Å². The SMILES string of the molecule is Cc1cc(NC(=O)C2CCCN(c3cnc4nccnc4c3)C2)ccc1F. The minimum Gasteiger partial charge on any atom is -0.369 e. The Bertz CT molecular complexity index is 993. The van der Waals surface area contributed by atoms with Gasteiger partial charge < -0.3 is 10.2 Å². The summed E-state index contributed by atoms with van der Waals surface area (Å²) >= 11 is 0. The molecular formula is C20H20FN5O. The van der Waals surface area contributed by atoms with E-state index in [9.17, 15) is 9.18 Å². The van der Waals surface area contributed by atoms with Gasteiger partial charge in [0.15, 0.2) is 5.65 Å². The zero-order valence-electron chi connectivity index (χ0n) is 15.0. The van der Waals surface area contributed by atoms with E-state index in [1.165, 1.54) is 6.07 Å². The number of aromatic nitrogens is 3. The maximum Gasteiger partial charge on any atom is 0.229 e. The number of nitrogens with one attached hydrogen (secondary N) is 1. The molecule has 1 unspecified atom stereocenters. The van der Waals surface area contributed by atoms with Crippen molar-refractivity contribution in [1.82, 2.24) is 15.0 Å². The molecule has 4 rings (SSSR count). The molecule has 0 radical (unpaired) electrons. The first-order chi connectivity index (χ1) is 13.1. The molecule has 138 valence electrons. The molecule has 7 heteroatoms. The first kappa shape index (κ1) is 17.3. The van der Waals surface area contributed by atoms with E-state index in [1.54, 1.807) is 37.6 Å². The van der Waals surface area contributed by atoms with E-state index >= 15 is 0 Å². The molecule has 1 aliphatic rings. The fourth-order valence-electron chi connectivity index (χ4n) is 3.41. The van der Waals surface area contributed by atoms with Crippen LogP contribution in [0.4, 0.5) is 15.8 Å². The van der Waals surface area contributed by atoms with Gasteiger partial charge in [0.05, 0.1) is 17.8 Å². The second kappa shape index (κ2) is 7.26. The number of nitrogens with zero attached hydrogens (tertiary/aromatic N) is 4. The number of amides is 1. The predicted octanol–water partition coefficient (Wildman–Crippen LogP) is 3.33. The highest BCUT2D eigenvalue weighted by Crippen LogP contribution is 2.25. The van der Waals surface area contributed by atoms with Crippen LogP contribution in [0, 0.1) is 18.7 Å². The summed E-state index contributed by atoms with van der Waals surface area (Å²) in [6, 6.07) is 6.57. The van der Waals surface area contributed by atoms with E-state index in [1.807, 2.05) is 6.07 Å². The van der Waals surface area contributed by atoms with E-state index in [4.69, 9.17) is 0 Å². The van der Waals surface area contributed by atoms with Crippen molar-refractivity contribution in [3.63, 3.8) is 0 Å². The lowest BCUT2D eigenvalue weighted by Crippen LogP contribution is -2.40. The molecule has 1 aliphatic heterocycles. The highest BCUT2D eigenvalue weighted by molar-refractivity contribution is 5.93. The second-order valence-corrected chi connectivity index (χ2v) is 6.83. The summed E-state index contributed by atoms with van der Waals surface area (Å²) in [5.74, 6) is -0.454. The molecule has 3 aromatic rings. The molecule has 1 saturated heterocycles. The number of piperidine rings is 1. The topological polar surface area (TPSA) is 71.0 Å². The summed E-state index contributed by atoms with van der Waals surface area (Å²) in [6.07, 6.45) is 6.78. The van der Waals surface area contributed by atoms with Crippen molar-refractivity contribution < 1.29 is 9.18 Å². The number of halogens is 1. The van der Waals surface area contributed by atoms with Crippen LogP contribution in [0.25, 0.3) is 11.2 Å². The Morgan fingerprint density at radius 2 is 2.07 bits per heavy atom. The number of fused-ring (bicyclic) bond motifs is 1. The third kappa shape index (κ3) is 3.72. The molecule has 6 nitrogen and oxygen atoms in total. The smallest absolute Gasteiger partial charge is 0.229 e. The summed E-state index contributed by atoms with van der Waals surface area (Å²) < 4.78 is 13.4. The lowest BCUT2D eigenvalue weighted by molar-refractivity contribution is -0.120. The lowest BCUT2D eigenvalue weighted by Gasteiger charge is -2.33. The van der Waals surface area contributed by atoms with E-state index in [0.717, 1.165) is 30.6 Å². The Morgan fingerprint density at radius 3 is 2.93 bits per heavy atom. The Labute approximate surface area is 156 Å². The first-order valence-corrected chi connectivity index (χ1v) is 8.99. The molecule has 2 aromatic heterocycles. The molecule has 0 spiro atoms. The molecule has 0 saturated carbocycles. The Hall–Kier alpha value is -3.09. The van der Waals surface area contributed by atoms with Gasteiger partial charge in [-0.05, 0) is 49.6 Å². The monoisotopic (exact) mass is 365 g/mol. The quantitative estimate of drug-likeness (QED) is 0.771. The van der Waals surface area contributed by atoms with Gasteiger partial charge in [-0.15, -0.1) is 0 Å². The number of rotatable bonds is 3. The second-order valence-electron chi connectivity index (χ2n) is 6.83. The van der Waals surface area contributed by atoms with Crippen molar-refractivity contribution in [2.24, 2.45) is 5.92 Å². The van der Waals surface area contributed by atoms with E-state index in [0.29, 0.717) is 23.4 Å². The van der Waals surface area contributed by atoms with Crippen LogP contribution in [0.2, 0.25) is 0 Å². The largest absolute Gasteiger partial charge is 0.369 e. The molecule has 1 fully saturated rings. The standard InChI is InChI=1S/C20H20FN5O/c1-13-9-15(4-5-17(13)21)25-20(27)14-3-2-8-26(12-14)16-10-18-19(24-11-16)23-7-6-22-18/h4-7,9-11,14H,2-3,8,12H2,1H3,(H,25,27). The normalized spacial score (nSPS) is 17.1. The third-order valence-corrected chi connectivity index (χ3v) is 4.89.